The first kappa shape index (κ1) is 20.6. The van der Waals surface area contributed by atoms with Crippen LogP contribution in [0.15, 0.2) is 72.9 Å². The zero-order valence-electron chi connectivity index (χ0n) is 16.9. The first-order chi connectivity index (χ1) is 15.4. The SMILES string of the molecule is Cc1ccc(C(=O)NNC(=O)c2cc(-c3ccccn3)nc3ccccc23)cc1[N+](=O)[O-]. The number of hydrogen-bond acceptors (Lipinski definition) is 6. The molecule has 0 spiro atoms. The van der Waals surface area contributed by atoms with Crippen LogP contribution in [-0.2, 0) is 0 Å². The average Bonchev–Trinajstić information content (AvgIpc) is 2.82. The van der Waals surface area contributed by atoms with Gasteiger partial charge in [0.2, 0.25) is 0 Å². The monoisotopic (exact) mass is 427 g/mol. The number of nitrogens with zero attached hydrogens (tertiary/aromatic N) is 3. The lowest BCUT2D eigenvalue weighted by molar-refractivity contribution is -0.385. The summed E-state index contributed by atoms with van der Waals surface area (Å²) in [7, 11) is 0. The third-order valence-corrected chi connectivity index (χ3v) is 4.85. The molecule has 32 heavy (non-hydrogen) atoms. The van der Waals surface area contributed by atoms with E-state index in [1.54, 1.807) is 49.5 Å². The summed E-state index contributed by atoms with van der Waals surface area (Å²) in [5, 5.41) is 11.7. The minimum Gasteiger partial charge on any atom is -0.267 e. The van der Waals surface area contributed by atoms with Gasteiger partial charge in [-0.2, -0.15) is 0 Å². The molecule has 2 heterocycles. The molecule has 4 aromatic rings. The number of hydrazine groups is 1. The second-order valence-corrected chi connectivity index (χ2v) is 6.95. The Morgan fingerprint density at radius 2 is 1.66 bits per heavy atom. The third-order valence-electron chi connectivity index (χ3n) is 4.85. The van der Waals surface area contributed by atoms with E-state index < -0.39 is 16.7 Å². The largest absolute Gasteiger partial charge is 0.273 e. The Bertz CT molecular complexity index is 1360. The molecule has 0 aliphatic heterocycles. The van der Waals surface area contributed by atoms with Crippen LogP contribution in [0.25, 0.3) is 22.3 Å². The Morgan fingerprint density at radius 1 is 0.906 bits per heavy atom. The van der Waals surface area contributed by atoms with Gasteiger partial charge in [0.25, 0.3) is 17.5 Å². The van der Waals surface area contributed by atoms with Gasteiger partial charge in [0.15, 0.2) is 0 Å². The van der Waals surface area contributed by atoms with Crippen LogP contribution in [0.5, 0.6) is 0 Å². The molecular formula is C23H17N5O4. The molecule has 0 aliphatic carbocycles. The topological polar surface area (TPSA) is 127 Å². The number of nitrogens with one attached hydrogen (secondary N) is 2. The normalized spacial score (nSPS) is 10.5. The Kier molecular flexibility index (Phi) is 5.54. The van der Waals surface area contributed by atoms with Crippen LogP contribution < -0.4 is 10.9 Å². The van der Waals surface area contributed by atoms with Crippen molar-refractivity contribution in [1.82, 2.24) is 20.8 Å². The standard InChI is InChI=1S/C23H17N5O4/c1-14-9-10-15(12-21(14)28(31)32)22(29)26-27-23(30)17-13-20(19-8-4-5-11-24-19)25-18-7-3-2-6-16(17)18/h2-13H,1H3,(H,26,29)(H,27,30). The zero-order valence-corrected chi connectivity index (χ0v) is 16.9. The Morgan fingerprint density at radius 3 is 2.41 bits per heavy atom. The first-order valence-corrected chi connectivity index (χ1v) is 9.61. The predicted molar refractivity (Wildman–Crippen MR) is 118 cm³/mol. The van der Waals surface area contributed by atoms with Gasteiger partial charge in [-0.3, -0.25) is 35.5 Å². The fourth-order valence-electron chi connectivity index (χ4n) is 3.21. The molecule has 0 fully saturated rings. The number of carbonyl (C=O) groups excluding carboxylic acids is 2. The Balaban J connectivity index is 1.61. The molecule has 2 N–H and O–H groups in total. The van der Waals surface area contributed by atoms with E-state index in [-0.39, 0.29) is 11.3 Å². The Labute approximate surface area is 182 Å². The molecule has 2 aromatic carbocycles. The van der Waals surface area contributed by atoms with E-state index in [4.69, 9.17) is 0 Å². The van der Waals surface area contributed by atoms with Crippen LogP contribution in [0, 0.1) is 17.0 Å². The lowest BCUT2D eigenvalue weighted by atomic mass is 10.1. The number of carbonyl (C=O) groups is 2. The van der Waals surface area contributed by atoms with Crippen molar-refractivity contribution < 1.29 is 14.5 Å². The maximum atomic E-state index is 12.9. The summed E-state index contributed by atoms with van der Waals surface area (Å²) < 4.78 is 0. The second kappa shape index (κ2) is 8.60. The fourth-order valence-corrected chi connectivity index (χ4v) is 3.21. The van der Waals surface area contributed by atoms with Crippen molar-refractivity contribution in [3.63, 3.8) is 0 Å². The van der Waals surface area contributed by atoms with Crippen LogP contribution in [-0.4, -0.2) is 26.7 Å². The summed E-state index contributed by atoms with van der Waals surface area (Å²) in [4.78, 5) is 44.8. The lowest BCUT2D eigenvalue weighted by Gasteiger charge is -2.11. The number of pyridine rings is 2. The molecule has 0 aliphatic rings. The number of para-hydroxylation sites is 1. The Hall–Kier alpha value is -4.66. The van der Waals surface area contributed by atoms with E-state index in [1.165, 1.54) is 12.1 Å². The van der Waals surface area contributed by atoms with Gasteiger partial charge in [-0.05, 0) is 37.3 Å². The molecule has 0 saturated carbocycles. The van der Waals surface area contributed by atoms with Crippen molar-refractivity contribution in [2.24, 2.45) is 0 Å². The van der Waals surface area contributed by atoms with E-state index in [0.717, 1.165) is 6.07 Å². The van der Waals surface area contributed by atoms with Gasteiger partial charge >= 0.3 is 0 Å². The molecule has 0 atom stereocenters. The van der Waals surface area contributed by atoms with Gasteiger partial charge in [0.1, 0.15) is 0 Å². The summed E-state index contributed by atoms with van der Waals surface area (Å²) in [5.41, 5.74) is 7.00. The van der Waals surface area contributed by atoms with Crippen LogP contribution in [0.1, 0.15) is 26.3 Å². The fraction of sp³-hybridized carbons (Fsp3) is 0.0435. The molecular weight excluding hydrogens is 410 g/mol. The molecule has 158 valence electrons. The number of nitro benzene ring substituents is 1. The van der Waals surface area contributed by atoms with Crippen molar-refractivity contribution >= 4 is 28.4 Å². The van der Waals surface area contributed by atoms with E-state index >= 15 is 0 Å². The zero-order chi connectivity index (χ0) is 22.7. The first-order valence-electron chi connectivity index (χ1n) is 9.61. The van der Waals surface area contributed by atoms with Crippen molar-refractivity contribution in [1.29, 1.82) is 0 Å². The number of nitro groups is 1. The average molecular weight is 427 g/mol. The van der Waals surface area contributed by atoms with Crippen LogP contribution in [0.4, 0.5) is 5.69 Å². The maximum Gasteiger partial charge on any atom is 0.273 e. The minimum absolute atomic E-state index is 0.0522. The smallest absolute Gasteiger partial charge is 0.267 e. The summed E-state index contributed by atoms with van der Waals surface area (Å²) in [6, 6.07) is 18.2. The van der Waals surface area contributed by atoms with Gasteiger partial charge in [0.05, 0.1) is 27.4 Å². The lowest BCUT2D eigenvalue weighted by Crippen LogP contribution is -2.41. The molecule has 9 heteroatoms. The van der Waals surface area contributed by atoms with Crippen molar-refractivity contribution in [3.8, 4) is 11.4 Å². The second-order valence-electron chi connectivity index (χ2n) is 6.95. The van der Waals surface area contributed by atoms with Gasteiger partial charge in [0, 0.05) is 28.8 Å². The molecule has 0 radical (unpaired) electrons. The molecule has 9 nitrogen and oxygen atoms in total. The van der Waals surface area contributed by atoms with Crippen LogP contribution >= 0.6 is 0 Å². The summed E-state index contributed by atoms with van der Waals surface area (Å²) in [5.74, 6) is -1.24. The van der Waals surface area contributed by atoms with Gasteiger partial charge in [-0.25, -0.2) is 4.98 Å². The van der Waals surface area contributed by atoms with Crippen LogP contribution in [0.2, 0.25) is 0 Å². The maximum absolute atomic E-state index is 12.9. The molecule has 0 bridgehead atoms. The number of fused-ring (bicyclic) bond motifs is 1. The van der Waals surface area contributed by atoms with Gasteiger partial charge in [-0.15, -0.1) is 0 Å². The number of amides is 2. The number of rotatable bonds is 4. The van der Waals surface area contributed by atoms with E-state index in [0.29, 0.717) is 33.4 Å². The molecule has 4 rings (SSSR count). The van der Waals surface area contributed by atoms with Crippen LogP contribution in [0.3, 0.4) is 0 Å². The summed E-state index contributed by atoms with van der Waals surface area (Å²) >= 11 is 0. The highest BCUT2D eigenvalue weighted by atomic mass is 16.6. The molecule has 2 aromatic heterocycles. The highest BCUT2D eigenvalue weighted by molar-refractivity contribution is 6.08. The number of aryl methyl sites for hydroxylation is 1. The molecule has 0 unspecified atom stereocenters. The summed E-state index contributed by atoms with van der Waals surface area (Å²) in [6.07, 6.45) is 1.63. The number of hydrogen-bond donors (Lipinski definition) is 2. The third kappa shape index (κ3) is 4.12. The summed E-state index contributed by atoms with van der Waals surface area (Å²) in [6.45, 7) is 1.58. The predicted octanol–water partition coefficient (Wildman–Crippen LogP) is 3.59. The van der Waals surface area contributed by atoms with E-state index in [9.17, 15) is 19.7 Å². The highest BCUT2D eigenvalue weighted by Gasteiger charge is 2.18. The highest BCUT2D eigenvalue weighted by Crippen LogP contribution is 2.23. The number of benzene rings is 2. The molecule has 2 amide bonds. The van der Waals surface area contributed by atoms with Gasteiger partial charge < -0.3 is 0 Å². The molecule has 0 saturated heterocycles. The quantitative estimate of drug-likeness (QED) is 0.378. The number of aromatic nitrogens is 2. The van der Waals surface area contributed by atoms with Crippen molar-refractivity contribution in [3.05, 3.63) is 99.7 Å². The van der Waals surface area contributed by atoms with E-state index in [2.05, 4.69) is 20.8 Å². The van der Waals surface area contributed by atoms with Crippen molar-refractivity contribution in [2.45, 2.75) is 6.92 Å². The van der Waals surface area contributed by atoms with Gasteiger partial charge in [-0.1, -0.05) is 30.3 Å². The van der Waals surface area contributed by atoms with Crippen molar-refractivity contribution in [2.75, 3.05) is 0 Å². The minimum atomic E-state index is -0.676. The van der Waals surface area contributed by atoms with E-state index in [1.807, 2.05) is 12.1 Å².